The SMILES string of the molecule is O=C(Nc1nccs1)C1CCCN1C(=O)C1CC1(Cl)Cl. The number of anilines is 1. The van der Waals surface area contributed by atoms with E-state index in [1.807, 2.05) is 0 Å². The second kappa shape index (κ2) is 5.16. The average molecular weight is 334 g/mol. The molecule has 5 nitrogen and oxygen atoms in total. The number of thiazole rings is 1. The first-order valence-electron chi connectivity index (χ1n) is 6.38. The highest BCUT2D eigenvalue weighted by atomic mass is 35.5. The lowest BCUT2D eigenvalue weighted by Crippen LogP contribution is -2.44. The Morgan fingerprint density at radius 2 is 2.25 bits per heavy atom. The molecule has 1 saturated heterocycles. The minimum Gasteiger partial charge on any atom is -0.330 e. The third-order valence-corrected chi connectivity index (χ3v) is 5.15. The van der Waals surface area contributed by atoms with Crippen LogP contribution in [0.15, 0.2) is 11.6 Å². The first-order valence-corrected chi connectivity index (χ1v) is 8.01. The van der Waals surface area contributed by atoms with Crippen LogP contribution in [0, 0.1) is 5.92 Å². The summed E-state index contributed by atoms with van der Waals surface area (Å²) in [6, 6.07) is -0.448. The Labute approximate surface area is 130 Å². The second-order valence-electron chi connectivity index (χ2n) is 5.03. The molecule has 0 bridgehead atoms. The molecule has 3 rings (SSSR count). The minimum absolute atomic E-state index is 0.119. The average Bonchev–Trinajstić information content (AvgIpc) is 2.85. The molecule has 20 heavy (non-hydrogen) atoms. The molecule has 2 atom stereocenters. The van der Waals surface area contributed by atoms with Gasteiger partial charge >= 0.3 is 0 Å². The van der Waals surface area contributed by atoms with Crippen molar-refractivity contribution in [1.29, 1.82) is 0 Å². The number of nitrogens with zero attached hydrogens (tertiary/aromatic N) is 2. The zero-order chi connectivity index (χ0) is 14.3. The van der Waals surface area contributed by atoms with Gasteiger partial charge < -0.3 is 10.2 Å². The maximum absolute atomic E-state index is 12.3. The van der Waals surface area contributed by atoms with Gasteiger partial charge in [-0.1, -0.05) is 0 Å². The maximum Gasteiger partial charge on any atom is 0.248 e. The van der Waals surface area contributed by atoms with Crippen molar-refractivity contribution in [3.63, 3.8) is 0 Å². The van der Waals surface area contributed by atoms with Crippen LogP contribution >= 0.6 is 34.5 Å². The van der Waals surface area contributed by atoms with Gasteiger partial charge in [-0.25, -0.2) is 4.98 Å². The molecule has 1 aliphatic carbocycles. The number of halogens is 2. The number of rotatable bonds is 3. The van der Waals surface area contributed by atoms with Crippen LogP contribution in [-0.2, 0) is 9.59 Å². The van der Waals surface area contributed by atoms with Crippen LogP contribution in [0.3, 0.4) is 0 Å². The number of amides is 2. The summed E-state index contributed by atoms with van der Waals surface area (Å²) in [5, 5.41) is 5.07. The van der Waals surface area contributed by atoms with E-state index in [2.05, 4.69) is 10.3 Å². The van der Waals surface area contributed by atoms with Crippen molar-refractivity contribution in [1.82, 2.24) is 9.88 Å². The molecule has 1 aromatic rings. The number of likely N-dealkylation sites (tertiary alicyclic amines) is 1. The van der Waals surface area contributed by atoms with E-state index in [1.165, 1.54) is 11.3 Å². The Kier molecular flexibility index (Phi) is 3.64. The molecule has 8 heteroatoms. The van der Waals surface area contributed by atoms with Gasteiger partial charge in [0, 0.05) is 18.1 Å². The van der Waals surface area contributed by atoms with E-state index in [1.54, 1.807) is 16.5 Å². The molecule has 2 amide bonds. The van der Waals surface area contributed by atoms with E-state index < -0.39 is 10.4 Å². The molecule has 0 radical (unpaired) electrons. The van der Waals surface area contributed by atoms with Gasteiger partial charge in [0.1, 0.15) is 10.4 Å². The quantitative estimate of drug-likeness (QED) is 0.863. The summed E-state index contributed by atoms with van der Waals surface area (Å²) in [6.45, 7) is 0.579. The summed E-state index contributed by atoms with van der Waals surface area (Å²) in [5.41, 5.74) is 0. The van der Waals surface area contributed by atoms with Crippen molar-refractivity contribution < 1.29 is 9.59 Å². The van der Waals surface area contributed by atoms with Gasteiger partial charge in [-0.2, -0.15) is 0 Å². The van der Waals surface area contributed by atoms with Gasteiger partial charge in [-0.3, -0.25) is 9.59 Å². The number of hydrogen-bond acceptors (Lipinski definition) is 4. The zero-order valence-corrected chi connectivity index (χ0v) is 12.8. The summed E-state index contributed by atoms with van der Waals surface area (Å²) in [7, 11) is 0. The number of carbonyl (C=O) groups is 2. The fraction of sp³-hybridized carbons (Fsp3) is 0.583. The highest BCUT2D eigenvalue weighted by Gasteiger charge is 2.58. The van der Waals surface area contributed by atoms with E-state index in [4.69, 9.17) is 23.2 Å². The second-order valence-corrected chi connectivity index (χ2v) is 7.47. The lowest BCUT2D eigenvalue weighted by Gasteiger charge is -2.23. The van der Waals surface area contributed by atoms with E-state index in [0.29, 0.717) is 24.5 Å². The Balaban J connectivity index is 1.66. The number of alkyl halides is 2. The lowest BCUT2D eigenvalue weighted by atomic mass is 10.2. The van der Waals surface area contributed by atoms with E-state index >= 15 is 0 Å². The monoisotopic (exact) mass is 333 g/mol. The standard InChI is InChI=1S/C12H13Cl2N3O2S/c13-12(14)6-7(12)10(19)17-4-1-2-8(17)9(18)16-11-15-3-5-20-11/h3,5,7-8H,1-2,4,6H2,(H,15,16,18). The molecule has 2 aliphatic rings. The summed E-state index contributed by atoms with van der Waals surface area (Å²) in [4.78, 5) is 30.1. The first-order chi connectivity index (χ1) is 9.49. The largest absolute Gasteiger partial charge is 0.330 e. The zero-order valence-electron chi connectivity index (χ0n) is 10.5. The van der Waals surface area contributed by atoms with Crippen molar-refractivity contribution in [2.45, 2.75) is 29.6 Å². The predicted molar refractivity (Wildman–Crippen MR) is 78.0 cm³/mol. The van der Waals surface area contributed by atoms with Crippen molar-refractivity contribution in [3.05, 3.63) is 11.6 Å². The molecule has 1 saturated carbocycles. The third kappa shape index (κ3) is 2.64. The molecule has 2 heterocycles. The molecular formula is C12H13Cl2N3O2S. The molecule has 0 aromatic carbocycles. The Morgan fingerprint density at radius 1 is 1.50 bits per heavy atom. The molecule has 0 spiro atoms. The summed E-state index contributed by atoms with van der Waals surface area (Å²) >= 11 is 13.2. The molecular weight excluding hydrogens is 321 g/mol. The van der Waals surface area contributed by atoms with Gasteiger partial charge in [0.05, 0.1) is 5.92 Å². The predicted octanol–water partition coefficient (Wildman–Crippen LogP) is 2.27. The van der Waals surface area contributed by atoms with E-state index in [0.717, 1.165) is 6.42 Å². The molecule has 2 unspecified atom stereocenters. The highest BCUT2D eigenvalue weighted by molar-refractivity contribution is 7.13. The number of nitrogens with one attached hydrogen (secondary N) is 1. The van der Waals surface area contributed by atoms with Crippen LogP contribution < -0.4 is 5.32 Å². The van der Waals surface area contributed by atoms with Crippen molar-refractivity contribution in [2.24, 2.45) is 5.92 Å². The smallest absolute Gasteiger partial charge is 0.248 e. The third-order valence-electron chi connectivity index (χ3n) is 3.63. The maximum atomic E-state index is 12.3. The highest BCUT2D eigenvalue weighted by Crippen LogP contribution is 2.54. The van der Waals surface area contributed by atoms with Gasteiger partial charge in [0.25, 0.3) is 0 Å². The van der Waals surface area contributed by atoms with Gasteiger partial charge in [0.15, 0.2) is 5.13 Å². The Morgan fingerprint density at radius 3 is 2.85 bits per heavy atom. The molecule has 1 N–H and O–H groups in total. The van der Waals surface area contributed by atoms with Crippen LogP contribution in [0.25, 0.3) is 0 Å². The molecule has 108 valence electrons. The van der Waals surface area contributed by atoms with E-state index in [-0.39, 0.29) is 17.7 Å². The minimum atomic E-state index is -0.948. The van der Waals surface area contributed by atoms with Crippen LogP contribution in [0.2, 0.25) is 0 Å². The number of hydrogen-bond donors (Lipinski definition) is 1. The molecule has 1 aliphatic heterocycles. The number of carbonyl (C=O) groups excluding carboxylic acids is 2. The normalized spacial score (nSPS) is 27.4. The van der Waals surface area contributed by atoms with Gasteiger partial charge in [-0.05, 0) is 19.3 Å². The van der Waals surface area contributed by atoms with Crippen LogP contribution in [0.4, 0.5) is 5.13 Å². The molecule has 2 fully saturated rings. The Bertz CT molecular complexity index is 535. The first kappa shape index (κ1) is 14.1. The van der Waals surface area contributed by atoms with Gasteiger partial charge in [0.2, 0.25) is 11.8 Å². The van der Waals surface area contributed by atoms with Crippen molar-refractivity contribution in [3.8, 4) is 0 Å². The topological polar surface area (TPSA) is 62.3 Å². The fourth-order valence-corrected chi connectivity index (χ4v) is 3.49. The summed E-state index contributed by atoms with van der Waals surface area (Å²) < 4.78 is -0.948. The van der Waals surface area contributed by atoms with E-state index in [9.17, 15) is 9.59 Å². The van der Waals surface area contributed by atoms with Crippen molar-refractivity contribution >= 4 is 51.5 Å². The summed E-state index contributed by atoms with van der Waals surface area (Å²) in [6.07, 6.45) is 3.56. The van der Waals surface area contributed by atoms with Crippen LogP contribution in [-0.4, -0.2) is 38.6 Å². The van der Waals surface area contributed by atoms with Crippen LogP contribution in [0.5, 0.6) is 0 Å². The van der Waals surface area contributed by atoms with Crippen LogP contribution in [0.1, 0.15) is 19.3 Å². The van der Waals surface area contributed by atoms with Crippen molar-refractivity contribution in [2.75, 3.05) is 11.9 Å². The molecule has 1 aromatic heterocycles. The van der Waals surface area contributed by atoms with Gasteiger partial charge in [-0.15, -0.1) is 34.5 Å². The fourth-order valence-electron chi connectivity index (χ4n) is 2.46. The lowest BCUT2D eigenvalue weighted by molar-refractivity contribution is -0.137. The Hall–Kier alpha value is -0.850. The summed E-state index contributed by atoms with van der Waals surface area (Å²) in [5.74, 6) is -0.688. The number of aromatic nitrogens is 1.